The molecule has 0 radical (unpaired) electrons. The predicted octanol–water partition coefficient (Wildman–Crippen LogP) is 1.60. The van der Waals surface area contributed by atoms with E-state index in [1.807, 2.05) is 0 Å². The Morgan fingerprint density at radius 3 is 2.47 bits per heavy atom. The molecule has 106 valence electrons. The Bertz CT molecular complexity index is 417. The van der Waals surface area contributed by atoms with E-state index in [0.717, 1.165) is 38.8 Å². The van der Waals surface area contributed by atoms with E-state index >= 15 is 0 Å². The van der Waals surface area contributed by atoms with Crippen molar-refractivity contribution < 1.29 is 8.78 Å². The normalized spacial score (nSPS) is 19.6. The summed E-state index contributed by atoms with van der Waals surface area (Å²) in [6.45, 7) is 7.02. The molecule has 2 N–H and O–H groups in total. The maximum Gasteiger partial charge on any atom is 0.163 e. The molecule has 5 heteroatoms. The van der Waals surface area contributed by atoms with Crippen LogP contribution in [0.2, 0.25) is 0 Å². The van der Waals surface area contributed by atoms with Gasteiger partial charge in [0.1, 0.15) is 0 Å². The lowest BCUT2D eigenvalue weighted by Crippen LogP contribution is -2.49. The Balaban J connectivity index is 2.14. The summed E-state index contributed by atoms with van der Waals surface area (Å²) in [6, 6.07) is 4.07. The number of rotatable bonds is 4. The molecule has 0 aliphatic carbocycles. The van der Waals surface area contributed by atoms with E-state index in [2.05, 4.69) is 16.7 Å². The van der Waals surface area contributed by atoms with Crippen molar-refractivity contribution in [3.63, 3.8) is 0 Å². The van der Waals surface area contributed by atoms with E-state index in [1.54, 1.807) is 12.1 Å². The Labute approximate surface area is 113 Å². The molecule has 1 heterocycles. The lowest BCUT2D eigenvalue weighted by molar-refractivity contribution is 0.100. The van der Waals surface area contributed by atoms with E-state index < -0.39 is 11.6 Å². The van der Waals surface area contributed by atoms with Gasteiger partial charge >= 0.3 is 0 Å². The van der Waals surface area contributed by atoms with E-state index in [0.29, 0.717) is 12.1 Å². The topological polar surface area (TPSA) is 32.5 Å². The van der Waals surface area contributed by atoms with Crippen LogP contribution < -0.4 is 5.73 Å². The molecule has 2 rings (SSSR count). The third-order valence-corrected chi connectivity index (χ3v) is 3.86. The minimum atomic E-state index is -0.803. The number of halogens is 2. The smallest absolute Gasteiger partial charge is 0.163 e. The van der Waals surface area contributed by atoms with Gasteiger partial charge in [-0.2, -0.15) is 0 Å². The van der Waals surface area contributed by atoms with Gasteiger partial charge in [0, 0.05) is 38.3 Å². The Morgan fingerprint density at radius 1 is 1.21 bits per heavy atom. The van der Waals surface area contributed by atoms with Crippen LogP contribution in [0, 0.1) is 11.6 Å². The summed E-state index contributed by atoms with van der Waals surface area (Å²) in [4.78, 5) is 4.48. The third kappa shape index (κ3) is 3.11. The van der Waals surface area contributed by atoms with Crippen LogP contribution in [0.5, 0.6) is 0 Å². The first-order valence-electron chi connectivity index (χ1n) is 6.77. The molecule has 1 aliphatic heterocycles. The molecule has 1 aromatic rings. The molecule has 0 spiro atoms. The highest BCUT2D eigenvalue weighted by molar-refractivity contribution is 5.23. The van der Waals surface area contributed by atoms with Crippen LogP contribution in [0.4, 0.5) is 8.78 Å². The first kappa shape index (κ1) is 14.4. The molecule has 0 amide bonds. The lowest BCUT2D eigenvalue weighted by Gasteiger charge is -2.38. The maximum absolute atomic E-state index is 13.9. The Morgan fingerprint density at radius 2 is 1.89 bits per heavy atom. The molecule has 1 atom stereocenters. The van der Waals surface area contributed by atoms with Gasteiger partial charge in [0.25, 0.3) is 0 Å². The standard InChI is InChI=1S/C14H21F2N3/c1-2-18-6-8-19(9-7-18)13(10-17)11-4-3-5-12(15)14(11)16/h3-5,13H,2,6-10,17H2,1H3. The average Bonchev–Trinajstić information content (AvgIpc) is 2.45. The lowest BCUT2D eigenvalue weighted by atomic mass is 10.0. The van der Waals surface area contributed by atoms with Crippen LogP contribution in [0.15, 0.2) is 18.2 Å². The summed E-state index contributed by atoms with van der Waals surface area (Å²) in [5, 5.41) is 0. The van der Waals surface area contributed by atoms with Gasteiger partial charge in [-0.05, 0) is 12.6 Å². The number of hydrogen-bond acceptors (Lipinski definition) is 3. The zero-order chi connectivity index (χ0) is 13.8. The quantitative estimate of drug-likeness (QED) is 0.901. The van der Waals surface area contributed by atoms with E-state index in [-0.39, 0.29) is 6.04 Å². The van der Waals surface area contributed by atoms with Crippen molar-refractivity contribution in [3.05, 3.63) is 35.4 Å². The summed E-state index contributed by atoms with van der Waals surface area (Å²) >= 11 is 0. The predicted molar refractivity (Wildman–Crippen MR) is 71.8 cm³/mol. The summed E-state index contributed by atoms with van der Waals surface area (Å²) in [6.07, 6.45) is 0. The maximum atomic E-state index is 13.9. The van der Waals surface area contributed by atoms with Gasteiger partial charge in [0.15, 0.2) is 11.6 Å². The highest BCUT2D eigenvalue weighted by Crippen LogP contribution is 2.25. The van der Waals surface area contributed by atoms with Crippen LogP contribution in [-0.2, 0) is 0 Å². The van der Waals surface area contributed by atoms with Crippen molar-refractivity contribution in [2.24, 2.45) is 5.73 Å². The molecular formula is C14H21F2N3. The number of piperazine rings is 1. The molecule has 19 heavy (non-hydrogen) atoms. The van der Waals surface area contributed by atoms with E-state index in [1.165, 1.54) is 0 Å². The second kappa shape index (κ2) is 6.41. The largest absolute Gasteiger partial charge is 0.329 e. The van der Waals surface area contributed by atoms with Crippen molar-refractivity contribution in [2.75, 3.05) is 39.3 Å². The highest BCUT2D eigenvalue weighted by Gasteiger charge is 2.26. The van der Waals surface area contributed by atoms with Gasteiger partial charge in [-0.1, -0.05) is 19.1 Å². The molecule has 1 saturated heterocycles. The molecule has 3 nitrogen and oxygen atoms in total. The molecule has 0 saturated carbocycles. The van der Waals surface area contributed by atoms with Crippen LogP contribution in [0.1, 0.15) is 18.5 Å². The fourth-order valence-corrected chi connectivity index (χ4v) is 2.64. The van der Waals surface area contributed by atoms with E-state index in [4.69, 9.17) is 5.73 Å². The first-order chi connectivity index (χ1) is 9.17. The summed E-state index contributed by atoms with van der Waals surface area (Å²) < 4.78 is 27.2. The Hall–Kier alpha value is -1.04. The van der Waals surface area contributed by atoms with Gasteiger partial charge in [-0.15, -0.1) is 0 Å². The van der Waals surface area contributed by atoms with Crippen LogP contribution in [0.3, 0.4) is 0 Å². The van der Waals surface area contributed by atoms with Crippen molar-refractivity contribution in [3.8, 4) is 0 Å². The number of hydrogen-bond donors (Lipinski definition) is 1. The zero-order valence-electron chi connectivity index (χ0n) is 11.3. The number of benzene rings is 1. The van der Waals surface area contributed by atoms with Gasteiger partial charge in [-0.3, -0.25) is 4.90 Å². The van der Waals surface area contributed by atoms with E-state index in [9.17, 15) is 8.78 Å². The second-order valence-electron chi connectivity index (χ2n) is 4.86. The molecule has 0 bridgehead atoms. The molecule has 1 fully saturated rings. The molecule has 1 unspecified atom stereocenters. The van der Waals surface area contributed by atoms with Crippen LogP contribution in [-0.4, -0.2) is 49.1 Å². The van der Waals surface area contributed by atoms with Crippen molar-refractivity contribution in [1.82, 2.24) is 9.80 Å². The van der Waals surface area contributed by atoms with Gasteiger partial charge < -0.3 is 10.6 Å². The SMILES string of the molecule is CCN1CCN(C(CN)c2cccc(F)c2F)CC1. The van der Waals surface area contributed by atoms with Crippen molar-refractivity contribution in [1.29, 1.82) is 0 Å². The molecule has 1 aliphatic rings. The summed E-state index contributed by atoms with van der Waals surface area (Å²) in [7, 11) is 0. The molecular weight excluding hydrogens is 248 g/mol. The van der Waals surface area contributed by atoms with Gasteiger partial charge in [-0.25, -0.2) is 8.78 Å². The number of nitrogens with zero attached hydrogens (tertiary/aromatic N) is 2. The first-order valence-corrected chi connectivity index (χ1v) is 6.77. The molecule has 1 aromatic carbocycles. The zero-order valence-corrected chi connectivity index (χ0v) is 11.3. The third-order valence-electron chi connectivity index (χ3n) is 3.86. The average molecular weight is 269 g/mol. The summed E-state index contributed by atoms with van der Waals surface area (Å²) in [5.41, 5.74) is 6.15. The summed E-state index contributed by atoms with van der Waals surface area (Å²) in [5.74, 6) is -1.57. The van der Waals surface area contributed by atoms with Crippen molar-refractivity contribution in [2.45, 2.75) is 13.0 Å². The minimum Gasteiger partial charge on any atom is -0.329 e. The van der Waals surface area contributed by atoms with Crippen LogP contribution in [0.25, 0.3) is 0 Å². The minimum absolute atomic E-state index is 0.241. The monoisotopic (exact) mass is 269 g/mol. The number of likely N-dealkylation sites (N-methyl/N-ethyl adjacent to an activating group) is 1. The van der Waals surface area contributed by atoms with Crippen molar-refractivity contribution >= 4 is 0 Å². The van der Waals surface area contributed by atoms with Gasteiger partial charge in [0.05, 0.1) is 6.04 Å². The highest BCUT2D eigenvalue weighted by atomic mass is 19.2. The second-order valence-corrected chi connectivity index (χ2v) is 4.86. The molecule has 0 aromatic heterocycles. The number of nitrogens with two attached hydrogens (primary N) is 1. The fraction of sp³-hybridized carbons (Fsp3) is 0.571. The van der Waals surface area contributed by atoms with Gasteiger partial charge in [0.2, 0.25) is 0 Å². The Kier molecular flexibility index (Phi) is 4.85. The fourth-order valence-electron chi connectivity index (χ4n) is 2.64. The van der Waals surface area contributed by atoms with Crippen LogP contribution >= 0.6 is 0 Å².